The van der Waals surface area contributed by atoms with Crippen molar-refractivity contribution < 1.29 is 8.78 Å². The summed E-state index contributed by atoms with van der Waals surface area (Å²) in [4.78, 5) is 7.95. The van der Waals surface area contributed by atoms with Crippen LogP contribution < -0.4 is 5.32 Å². The Bertz CT molecular complexity index is 729. The summed E-state index contributed by atoms with van der Waals surface area (Å²) in [6.45, 7) is 1.88. The van der Waals surface area contributed by atoms with Gasteiger partial charge in [0.15, 0.2) is 22.4 Å². The van der Waals surface area contributed by atoms with Crippen LogP contribution in [-0.4, -0.2) is 19.7 Å². The van der Waals surface area contributed by atoms with Crippen molar-refractivity contribution in [3.63, 3.8) is 0 Å². The summed E-state index contributed by atoms with van der Waals surface area (Å²) < 4.78 is 28.8. The second-order valence-electron chi connectivity index (χ2n) is 3.99. The van der Waals surface area contributed by atoms with Crippen LogP contribution in [0.5, 0.6) is 0 Å². The molecule has 98 valence electrons. The zero-order valence-electron chi connectivity index (χ0n) is 10.1. The zero-order valence-corrected chi connectivity index (χ0v) is 10.9. The Morgan fingerprint density at radius 1 is 1.37 bits per heavy atom. The minimum atomic E-state index is -0.755. The fourth-order valence-corrected chi connectivity index (χ4v) is 2.68. The number of thiazole rings is 1. The summed E-state index contributed by atoms with van der Waals surface area (Å²) in [5, 5.41) is 7.46. The number of nitrogens with zero attached hydrogens (tertiary/aromatic N) is 4. The van der Waals surface area contributed by atoms with Crippen molar-refractivity contribution in [2.45, 2.75) is 6.92 Å². The van der Waals surface area contributed by atoms with Crippen molar-refractivity contribution in [2.24, 2.45) is 7.05 Å². The predicted molar refractivity (Wildman–Crippen MR) is 68.6 cm³/mol. The predicted octanol–water partition coefficient (Wildman–Crippen LogP) is 2.76. The van der Waals surface area contributed by atoms with Crippen molar-refractivity contribution in [1.29, 1.82) is 0 Å². The van der Waals surface area contributed by atoms with E-state index < -0.39 is 11.6 Å². The third-order valence-electron chi connectivity index (χ3n) is 2.58. The number of pyridine rings is 1. The molecular weight excluding hydrogens is 272 g/mol. The van der Waals surface area contributed by atoms with Gasteiger partial charge in [-0.2, -0.15) is 5.10 Å². The quantitative estimate of drug-likeness (QED) is 0.784. The first kappa shape index (κ1) is 12.0. The molecule has 0 aromatic carbocycles. The molecule has 19 heavy (non-hydrogen) atoms. The SMILES string of the molecule is Cc1nn(C)c2nc(Nc3ncc(F)cc3F)sc12. The third-order valence-corrected chi connectivity index (χ3v) is 3.65. The second kappa shape index (κ2) is 4.23. The minimum Gasteiger partial charge on any atom is -0.314 e. The molecule has 0 spiro atoms. The van der Waals surface area contributed by atoms with Gasteiger partial charge in [0, 0.05) is 13.1 Å². The first-order valence-corrected chi connectivity index (χ1v) is 6.24. The molecule has 0 unspecified atom stereocenters. The van der Waals surface area contributed by atoms with Crippen molar-refractivity contribution in [3.8, 4) is 0 Å². The van der Waals surface area contributed by atoms with E-state index in [4.69, 9.17) is 0 Å². The Balaban J connectivity index is 1.99. The topological polar surface area (TPSA) is 55.6 Å². The van der Waals surface area contributed by atoms with E-state index in [1.54, 1.807) is 11.7 Å². The van der Waals surface area contributed by atoms with Gasteiger partial charge in [-0.05, 0) is 6.92 Å². The van der Waals surface area contributed by atoms with E-state index in [1.165, 1.54) is 11.3 Å². The first-order valence-electron chi connectivity index (χ1n) is 5.43. The van der Waals surface area contributed by atoms with Gasteiger partial charge in [-0.15, -0.1) is 0 Å². The van der Waals surface area contributed by atoms with Crippen LogP contribution in [0.3, 0.4) is 0 Å². The lowest BCUT2D eigenvalue weighted by atomic mass is 10.4. The molecule has 3 heterocycles. The smallest absolute Gasteiger partial charge is 0.191 e. The molecule has 3 aromatic heterocycles. The van der Waals surface area contributed by atoms with E-state index in [-0.39, 0.29) is 5.82 Å². The van der Waals surface area contributed by atoms with Crippen LogP contribution in [0.4, 0.5) is 19.7 Å². The molecule has 1 N–H and O–H groups in total. The highest BCUT2D eigenvalue weighted by Crippen LogP contribution is 2.30. The Morgan fingerprint density at radius 3 is 2.84 bits per heavy atom. The fraction of sp³-hybridized carbons (Fsp3) is 0.182. The number of halogens is 2. The van der Waals surface area contributed by atoms with Gasteiger partial charge in [0.1, 0.15) is 5.82 Å². The van der Waals surface area contributed by atoms with E-state index in [2.05, 4.69) is 20.4 Å². The molecule has 0 radical (unpaired) electrons. The van der Waals surface area contributed by atoms with Crippen molar-refractivity contribution in [1.82, 2.24) is 19.7 Å². The van der Waals surface area contributed by atoms with Gasteiger partial charge >= 0.3 is 0 Å². The van der Waals surface area contributed by atoms with Crippen molar-refractivity contribution in [2.75, 3.05) is 5.32 Å². The molecule has 0 aliphatic heterocycles. The van der Waals surface area contributed by atoms with Gasteiger partial charge < -0.3 is 5.32 Å². The maximum Gasteiger partial charge on any atom is 0.191 e. The molecular formula is C11H9F2N5S. The van der Waals surface area contributed by atoms with Gasteiger partial charge in [-0.3, -0.25) is 0 Å². The van der Waals surface area contributed by atoms with E-state index in [0.29, 0.717) is 10.8 Å². The summed E-state index contributed by atoms with van der Waals surface area (Å²) in [7, 11) is 1.79. The molecule has 8 heteroatoms. The van der Waals surface area contributed by atoms with Crippen LogP contribution in [0.15, 0.2) is 12.3 Å². The summed E-state index contributed by atoms with van der Waals surface area (Å²) in [6.07, 6.45) is 0.950. The number of aromatic nitrogens is 4. The fourth-order valence-electron chi connectivity index (χ4n) is 1.75. The highest BCUT2D eigenvalue weighted by atomic mass is 32.1. The Hall–Kier alpha value is -2.09. The van der Waals surface area contributed by atoms with Gasteiger partial charge in [0.05, 0.1) is 16.6 Å². The Morgan fingerprint density at radius 2 is 2.16 bits per heavy atom. The van der Waals surface area contributed by atoms with E-state index >= 15 is 0 Å². The number of rotatable bonds is 2. The van der Waals surface area contributed by atoms with Gasteiger partial charge in [-0.25, -0.2) is 23.4 Å². The average Bonchev–Trinajstić information content (AvgIpc) is 2.86. The highest BCUT2D eigenvalue weighted by molar-refractivity contribution is 7.22. The molecule has 0 bridgehead atoms. The number of hydrogen-bond acceptors (Lipinski definition) is 5. The largest absolute Gasteiger partial charge is 0.314 e. The normalized spacial score (nSPS) is 11.2. The van der Waals surface area contributed by atoms with Crippen molar-refractivity contribution >= 4 is 32.6 Å². The van der Waals surface area contributed by atoms with Crippen LogP contribution in [0.1, 0.15) is 5.69 Å². The molecule has 0 fully saturated rings. The number of nitrogens with one attached hydrogen (secondary N) is 1. The Kier molecular flexibility index (Phi) is 2.67. The van der Waals surface area contributed by atoms with Crippen LogP contribution >= 0.6 is 11.3 Å². The summed E-state index contributed by atoms with van der Waals surface area (Å²) in [5.74, 6) is -1.52. The molecule has 5 nitrogen and oxygen atoms in total. The van der Waals surface area contributed by atoms with Crippen molar-refractivity contribution in [3.05, 3.63) is 29.6 Å². The standard InChI is InChI=1S/C11H9F2N5S/c1-5-8-10(18(2)17-5)16-11(19-8)15-9-7(13)3-6(12)4-14-9/h3-4H,1-2H3,(H,14,15,16). The number of fused-ring (bicyclic) bond motifs is 1. The van der Waals surface area contributed by atoms with E-state index in [1.807, 2.05) is 6.92 Å². The second-order valence-corrected chi connectivity index (χ2v) is 4.99. The number of hydrogen-bond donors (Lipinski definition) is 1. The van der Waals surface area contributed by atoms with Crippen LogP contribution in [-0.2, 0) is 7.05 Å². The maximum atomic E-state index is 13.5. The van der Waals surface area contributed by atoms with E-state index in [9.17, 15) is 8.78 Å². The molecule has 0 aliphatic rings. The number of anilines is 2. The minimum absolute atomic E-state index is 0.0499. The Labute approximate surface area is 110 Å². The molecule has 0 saturated carbocycles. The van der Waals surface area contributed by atoms with E-state index in [0.717, 1.165) is 22.7 Å². The van der Waals surface area contributed by atoms with Crippen LogP contribution in [0, 0.1) is 18.6 Å². The monoisotopic (exact) mass is 281 g/mol. The maximum absolute atomic E-state index is 13.5. The van der Waals surface area contributed by atoms with Gasteiger partial charge in [0.25, 0.3) is 0 Å². The van der Waals surface area contributed by atoms with Gasteiger partial charge in [0.2, 0.25) is 0 Å². The molecule has 0 atom stereocenters. The third kappa shape index (κ3) is 2.03. The number of aryl methyl sites for hydroxylation is 2. The lowest BCUT2D eigenvalue weighted by Gasteiger charge is -2.02. The lowest BCUT2D eigenvalue weighted by Crippen LogP contribution is -1.98. The van der Waals surface area contributed by atoms with Crippen LogP contribution in [0.2, 0.25) is 0 Å². The molecule has 0 amide bonds. The molecule has 0 saturated heterocycles. The van der Waals surface area contributed by atoms with Gasteiger partial charge in [-0.1, -0.05) is 11.3 Å². The molecule has 0 aliphatic carbocycles. The van der Waals surface area contributed by atoms with Crippen LogP contribution in [0.25, 0.3) is 10.3 Å². The lowest BCUT2D eigenvalue weighted by molar-refractivity contribution is 0.576. The summed E-state index contributed by atoms with van der Waals surface area (Å²) >= 11 is 1.35. The molecule has 3 rings (SSSR count). The first-order chi connectivity index (χ1) is 9.04. The average molecular weight is 281 g/mol. The summed E-state index contributed by atoms with van der Waals surface area (Å²) in [6, 6.07) is 0.773. The zero-order chi connectivity index (χ0) is 13.6. The summed E-state index contributed by atoms with van der Waals surface area (Å²) in [5.41, 5.74) is 1.57. The molecule has 3 aromatic rings. The highest BCUT2D eigenvalue weighted by Gasteiger charge is 2.13.